The van der Waals surface area contributed by atoms with Gasteiger partial charge in [-0.2, -0.15) is 5.10 Å². The van der Waals surface area contributed by atoms with Crippen LogP contribution in [0.15, 0.2) is 59.7 Å². The average Bonchev–Trinajstić information content (AvgIpc) is 3.16. The lowest BCUT2D eigenvalue weighted by Crippen LogP contribution is -2.26. The maximum atomic E-state index is 12.4. The van der Waals surface area contributed by atoms with Crippen LogP contribution in [0.1, 0.15) is 36.9 Å². The lowest BCUT2D eigenvalue weighted by atomic mass is 10.0. The Hall–Kier alpha value is -3.08. The number of ether oxygens (including phenoxy) is 2. The zero-order chi connectivity index (χ0) is 19.2. The molecule has 0 aliphatic carbocycles. The van der Waals surface area contributed by atoms with Gasteiger partial charge >= 0.3 is 0 Å². The highest BCUT2D eigenvalue weighted by molar-refractivity contribution is 6.01. The van der Waals surface area contributed by atoms with E-state index in [-0.39, 0.29) is 11.9 Å². The van der Waals surface area contributed by atoms with Crippen molar-refractivity contribution in [2.75, 3.05) is 14.2 Å². The minimum absolute atomic E-state index is 0.0173. The van der Waals surface area contributed by atoms with Crippen LogP contribution in [0.2, 0.25) is 0 Å². The quantitative estimate of drug-likeness (QED) is 0.760. The summed E-state index contributed by atoms with van der Waals surface area (Å²) in [4.78, 5) is 12.4. The molecule has 27 heavy (non-hydrogen) atoms. The SMILES string of the molecule is CCC(=O)N1N=C(/C=C/c2ccc(OC)cc2)CC1c1ccc(OC)cc1. The third-order valence-corrected chi connectivity index (χ3v) is 4.58. The van der Waals surface area contributed by atoms with Crippen LogP contribution in [0.5, 0.6) is 11.5 Å². The van der Waals surface area contributed by atoms with Gasteiger partial charge < -0.3 is 9.47 Å². The Kier molecular flexibility index (Phi) is 5.91. The molecule has 1 unspecified atom stereocenters. The molecule has 1 amide bonds. The molecule has 0 fully saturated rings. The highest BCUT2D eigenvalue weighted by Crippen LogP contribution is 2.32. The number of amides is 1. The maximum Gasteiger partial charge on any atom is 0.242 e. The lowest BCUT2D eigenvalue weighted by molar-refractivity contribution is -0.132. The molecule has 0 aromatic heterocycles. The van der Waals surface area contributed by atoms with Crippen LogP contribution in [0.3, 0.4) is 0 Å². The van der Waals surface area contributed by atoms with Gasteiger partial charge in [-0.15, -0.1) is 0 Å². The monoisotopic (exact) mass is 364 g/mol. The van der Waals surface area contributed by atoms with Crippen molar-refractivity contribution < 1.29 is 14.3 Å². The Morgan fingerprint density at radius 1 is 1.04 bits per heavy atom. The van der Waals surface area contributed by atoms with Crippen molar-refractivity contribution in [2.24, 2.45) is 5.10 Å². The minimum atomic E-state index is -0.0844. The molecule has 0 N–H and O–H groups in total. The fraction of sp³-hybridized carbons (Fsp3) is 0.273. The van der Waals surface area contributed by atoms with Gasteiger partial charge in [0.05, 0.1) is 26.0 Å². The summed E-state index contributed by atoms with van der Waals surface area (Å²) in [5, 5.41) is 6.17. The third kappa shape index (κ3) is 4.37. The van der Waals surface area contributed by atoms with E-state index in [1.54, 1.807) is 19.2 Å². The summed E-state index contributed by atoms with van der Waals surface area (Å²) >= 11 is 0. The molecule has 2 aromatic rings. The van der Waals surface area contributed by atoms with E-state index < -0.39 is 0 Å². The van der Waals surface area contributed by atoms with Crippen molar-refractivity contribution in [3.8, 4) is 11.5 Å². The first kappa shape index (κ1) is 18.7. The van der Waals surface area contributed by atoms with Crippen molar-refractivity contribution in [1.29, 1.82) is 0 Å². The first-order valence-corrected chi connectivity index (χ1v) is 9.00. The number of nitrogens with zero attached hydrogens (tertiary/aromatic N) is 2. The van der Waals surface area contributed by atoms with Crippen LogP contribution in [-0.2, 0) is 4.79 Å². The fourth-order valence-electron chi connectivity index (χ4n) is 3.02. The summed E-state index contributed by atoms with van der Waals surface area (Å²) in [5.74, 6) is 1.64. The van der Waals surface area contributed by atoms with E-state index in [2.05, 4.69) is 5.10 Å². The van der Waals surface area contributed by atoms with Gasteiger partial charge in [-0.3, -0.25) is 4.79 Å². The summed E-state index contributed by atoms with van der Waals surface area (Å²) in [7, 11) is 3.29. The molecule has 1 aliphatic rings. The molecule has 5 nitrogen and oxygen atoms in total. The van der Waals surface area contributed by atoms with E-state index in [1.807, 2.05) is 67.6 Å². The van der Waals surface area contributed by atoms with Gasteiger partial charge in [0.25, 0.3) is 0 Å². The molecule has 0 saturated carbocycles. The Balaban J connectivity index is 1.79. The zero-order valence-electron chi connectivity index (χ0n) is 15.9. The average molecular weight is 364 g/mol. The van der Waals surface area contributed by atoms with Crippen LogP contribution >= 0.6 is 0 Å². The second kappa shape index (κ2) is 8.54. The third-order valence-electron chi connectivity index (χ3n) is 4.58. The van der Waals surface area contributed by atoms with Crippen LogP contribution in [0.25, 0.3) is 6.08 Å². The molecular formula is C22H24N2O3. The van der Waals surface area contributed by atoms with Crippen LogP contribution in [0, 0.1) is 0 Å². The molecule has 0 spiro atoms. The van der Waals surface area contributed by atoms with Crippen molar-refractivity contribution in [3.05, 3.63) is 65.7 Å². The topological polar surface area (TPSA) is 51.1 Å². The summed E-state index contributed by atoms with van der Waals surface area (Å²) in [6, 6.07) is 15.5. The van der Waals surface area contributed by atoms with Gasteiger partial charge in [-0.25, -0.2) is 5.01 Å². The molecule has 0 radical (unpaired) electrons. The lowest BCUT2D eigenvalue weighted by Gasteiger charge is -2.21. The Bertz CT molecular complexity index is 839. The second-order valence-electron chi connectivity index (χ2n) is 6.28. The summed E-state index contributed by atoms with van der Waals surface area (Å²) in [6.07, 6.45) is 5.08. The zero-order valence-corrected chi connectivity index (χ0v) is 15.9. The number of carbonyl (C=O) groups is 1. The predicted molar refractivity (Wildman–Crippen MR) is 107 cm³/mol. The Morgan fingerprint density at radius 2 is 1.63 bits per heavy atom. The van der Waals surface area contributed by atoms with Crippen molar-refractivity contribution in [1.82, 2.24) is 5.01 Å². The van der Waals surface area contributed by atoms with E-state index in [0.29, 0.717) is 12.8 Å². The molecular weight excluding hydrogens is 340 g/mol. The smallest absolute Gasteiger partial charge is 0.242 e. The fourth-order valence-corrected chi connectivity index (χ4v) is 3.02. The molecule has 1 aliphatic heterocycles. The minimum Gasteiger partial charge on any atom is -0.497 e. The molecule has 3 rings (SSSR count). The van der Waals surface area contributed by atoms with E-state index in [1.165, 1.54) is 0 Å². The molecule has 2 aromatic carbocycles. The van der Waals surface area contributed by atoms with Gasteiger partial charge in [0.1, 0.15) is 11.5 Å². The van der Waals surface area contributed by atoms with Gasteiger partial charge in [-0.1, -0.05) is 37.3 Å². The number of hydrazone groups is 1. The maximum absolute atomic E-state index is 12.4. The van der Waals surface area contributed by atoms with E-state index in [4.69, 9.17) is 9.47 Å². The van der Waals surface area contributed by atoms with E-state index in [0.717, 1.165) is 28.3 Å². The van der Waals surface area contributed by atoms with Crippen LogP contribution < -0.4 is 9.47 Å². The van der Waals surface area contributed by atoms with Crippen molar-refractivity contribution in [2.45, 2.75) is 25.8 Å². The number of hydrogen-bond donors (Lipinski definition) is 0. The Labute approximate surface area is 159 Å². The first-order valence-electron chi connectivity index (χ1n) is 9.00. The summed E-state index contributed by atoms with van der Waals surface area (Å²) < 4.78 is 10.4. The Morgan fingerprint density at radius 3 is 2.19 bits per heavy atom. The molecule has 0 bridgehead atoms. The summed E-state index contributed by atoms with van der Waals surface area (Å²) in [6.45, 7) is 1.86. The number of allylic oxidation sites excluding steroid dienone is 1. The van der Waals surface area contributed by atoms with Gasteiger partial charge in [-0.05, 0) is 41.5 Å². The van der Waals surface area contributed by atoms with Crippen LogP contribution in [0.4, 0.5) is 0 Å². The van der Waals surface area contributed by atoms with Gasteiger partial charge in [0.15, 0.2) is 0 Å². The van der Waals surface area contributed by atoms with Gasteiger partial charge in [0.2, 0.25) is 5.91 Å². The summed E-state index contributed by atoms with van der Waals surface area (Å²) in [5.41, 5.74) is 2.99. The molecule has 5 heteroatoms. The highest BCUT2D eigenvalue weighted by atomic mass is 16.5. The van der Waals surface area contributed by atoms with Gasteiger partial charge in [0, 0.05) is 12.8 Å². The highest BCUT2D eigenvalue weighted by Gasteiger charge is 2.30. The first-order chi connectivity index (χ1) is 13.1. The molecule has 1 heterocycles. The molecule has 0 saturated heterocycles. The largest absolute Gasteiger partial charge is 0.497 e. The number of rotatable bonds is 6. The van der Waals surface area contributed by atoms with E-state index >= 15 is 0 Å². The second-order valence-corrected chi connectivity index (χ2v) is 6.28. The van der Waals surface area contributed by atoms with Crippen molar-refractivity contribution >= 4 is 17.7 Å². The normalized spacial score (nSPS) is 16.5. The number of hydrogen-bond acceptors (Lipinski definition) is 4. The molecule has 140 valence electrons. The molecule has 1 atom stereocenters. The van der Waals surface area contributed by atoms with Crippen molar-refractivity contribution in [3.63, 3.8) is 0 Å². The van der Waals surface area contributed by atoms with Crippen LogP contribution in [-0.4, -0.2) is 30.8 Å². The number of carbonyl (C=O) groups excluding carboxylic acids is 1. The predicted octanol–water partition coefficient (Wildman–Crippen LogP) is 4.46. The standard InChI is InChI=1S/C22H24N2O3/c1-4-22(25)24-21(17-8-13-20(27-3)14-9-17)15-18(23-24)10-5-16-6-11-19(26-2)12-7-16/h5-14,21H,4,15H2,1-3H3/b10-5+. The van der Waals surface area contributed by atoms with E-state index in [9.17, 15) is 4.79 Å². The number of methoxy groups -OCH3 is 2. The number of benzene rings is 2.